The Morgan fingerprint density at radius 2 is 2.00 bits per heavy atom. The molecule has 1 heterocycles. The number of nitrogens with zero attached hydrogens (tertiary/aromatic N) is 2. The summed E-state index contributed by atoms with van der Waals surface area (Å²) in [6, 6.07) is 15.4. The van der Waals surface area contributed by atoms with E-state index in [0.717, 1.165) is 19.0 Å². The van der Waals surface area contributed by atoms with Gasteiger partial charge in [-0.2, -0.15) is 0 Å². The van der Waals surface area contributed by atoms with Crippen molar-refractivity contribution in [2.45, 2.75) is 13.0 Å². The maximum absolute atomic E-state index is 12.3. The van der Waals surface area contributed by atoms with Gasteiger partial charge in [-0.05, 0) is 36.2 Å². The maximum Gasteiger partial charge on any atom is 0.251 e. The minimum Gasteiger partial charge on any atom is -0.497 e. The van der Waals surface area contributed by atoms with Crippen molar-refractivity contribution in [2.24, 2.45) is 4.99 Å². The third-order valence-electron chi connectivity index (χ3n) is 5.14. The number of benzene rings is 2. The first-order valence-electron chi connectivity index (χ1n) is 10.2. The fourth-order valence-electron chi connectivity index (χ4n) is 3.53. The second-order valence-electron chi connectivity index (χ2n) is 7.12. The van der Waals surface area contributed by atoms with Crippen LogP contribution < -0.4 is 15.4 Å². The molecule has 0 aromatic heterocycles. The van der Waals surface area contributed by atoms with Crippen LogP contribution in [0.5, 0.6) is 5.75 Å². The van der Waals surface area contributed by atoms with Gasteiger partial charge in [-0.15, -0.1) is 0 Å². The van der Waals surface area contributed by atoms with Crippen LogP contribution in [0.1, 0.15) is 27.6 Å². The number of nitrogens with one attached hydrogen (secondary N) is 2. The van der Waals surface area contributed by atoms with E-state index in [1.54, 1.807) is 32.4 Å². The molecule has 1 aliphatic rings. The average molecular weight is 411 g/mol. The minimum atomic E-state index is -0.128. The van der Waals surface area contributed by atoms with Crippen LogP contribution in [0.3, 0.4) is 0 Å². The number of carbonyl (C=O) groups excluding carboxylic acids is 1. The van der Waals surface area contributed by atoms with Crippen molar-refractivity contribution in [3.63, 3.8) is 0 Å². The average Bonchev–Trinajstić information content (AvgIpc) is 2.79. The monoisotopic (exact) mass is 410 g/mol. The van der Waals surface area contributed by atoms with Crippen LogP contribution in [0.25, 0.3) is 0 Å². The molecule has 1 fully saturated rings. The van der Waals surface area contributed by atoms with Gasteiger partial charge in [-0.1, -0.05) is 30.3 Å². The minimum absolute atomic E-state index is 0.0197. The topological polar surface area (TPSA) is 75.2 Å². The number of hydrogen-bond donors (Lipinski definition) is 2. The third-order valence-corrected chi connectivity index (χ3v) is 5.14. The fraction of sp³-hybridized carbons (Fsp3) is 0.391. The number of aryl methyl sites for hydroxylation is 1. The van der Waals surface area contributed by atoms with E-state index in [-0.39, 0.29) is 12.0 Å². The van der Waals surface area contributed by atoms with Gasteiger partial charge >= 0.3 is 0 Å². The van der Waals surface area contributed by atoms with Gasteiger partial charge in [0.2, 0.25) is 0 Å². The quantitative estimate of drug-likeness (QED) is 0.435. The number of morpholine rings is 1. The summed E-state index contributed by atoms with van der Waals surface area (Å²) in [4.78, 5) is 18.9. The molecule has 1 atom stereocenters. The highest BCUT2D eigenvalue weighted by molar-refractivity contribution is 5.94. The normalized spacial score (nSPS) is 16.8. The van der Waals surface area contributed by atoms with Gasteiger partial charge in [0.1, 0.15) is 11.9 Å². The summed E-state index contributed by atoms with van der Waals surface area (Å²) >= 11 is 0. The standard InChI is InChI=1S/C23H30N4O3/c1-17-7-4-5-10-20(17)21-16-27(13-14-30-21)23(24-2)26-12-11-25-22(28)18-8-6-9-19(15-18)29-3/h4-10,15,21H,11-14,16H2,1-3H3,(H,24,26)(H,25,28). The Kier molecular flexibility index (Phi) is 7.68. The summed E-state index contributed by atoms with van der Waals surface area (Å²) in [5.74, 6) is 1.35. The van der Waals surface area contributed by atoms with Crippen LogP contribution in [0, 0.1) is 6.92 Å². The fourth-order valence-corrected chi connectivity index (χ4v) is 3.53. The molecule has 1 aliphatic heterocycles. The summed E-state index contributed by atoms with van der Waals surface area (Å²) in [6.07, 6.45) is 0.0197. The summed E-state index contributed by atoms with van der Waals surface area (Å²) in [6.45, 7) is 5.33. The number of methoxy groups -OCH3 is 1. The molecule has 7 heteroatoms. The Morgan fingerprint density at radius 1 is 1.20 bits per heavy atom. The number of carbonyl (C=O) groups is 1. The highest BCUT2D eigenvalue weighted by atomic mass is 16.5. The molecule has 1 saturated heterocycles. The van der Waals surface area contributed by atoms with Gasteiger partial charge in [0, 0.05) is 32.2 Å². The predicted octanol–water partition coefficient (Wildman–Crippen LogP) is 2.38. The van der Waals surface area contributed by atoms with Gasteiger partial charge in [0.15, 0.2) is 5.96 Å². The van der Waals surface area contributed by atoms with Crippen molar-refractivity contribution in [1.29, 1.82) is 0 Å². The molecule has 1 amide bonds. The number of amides is 1. The van der Waals surface area contributed by atoms with Gasteiger partial charge in [0.25, 0.3) is 5.91 Å². The number of aliphatic imine (C=N–C) groups is 1. The second-order valence-corrected chi connectivity index (χ2v) is 7.12. The van der Waals surface area contributed by atoms with Gasteiger partial charge < -0.3 is 25.0 Å². The first-order chi connectivity index (χ1) is 14.6. The molecule has 2 aromatic carbocycles. The SMILES string of the molecule is CN=C(NCCNC(=O)c1cccc(OC)c1)N1CCOC(c2ccccc2C)C1. The molecule has 0 aliphatic carbocycles. The van der Waals surface area contributed by atoms with Crippen molar-refractivity contribution in [3.8, 4) is 5.75 Å². The van der Waals surface area contributed by atoms with E-state index in [9.17, 15) is 4.79 Å². The van der Waals surface area contributed by atoms with Crippen molar-refractivity contribution < 1.29 is 14.3 Å². The number of guanidine groups is 1. The molecule has 160 valence electrons. The van der Waals surface area contributed by atoms with E-state index in [2.05, 4.69) is 39.6 Å². The third kappa shape index (κ3) is 5.51. The highest BCUT2D eigenvalue weighted by Crippen LogP contribution is 2.24. The van der Waals surface area contributed by atoms with E-state index in [1.807, 2.05) is 18.2 Å². The molecular weight excluding hydrogens is 380 g/mol. The Balaban J connectivity index is 1.49. The maximum atomic E-state index is 12.3. The lowest BCUT2D eigenvalue weighted by Crippen LogP contribution is -2.49. The van der Waals surface area contributed by atoms with Crippen LogP contribution in [0.15, 0.2) is 53.5 Å². The van der Waals surface area contributed by atoms with Gasteiger partial charge in [-0.3, -0.25) is 9.79 Å². The Bertz CT molecular complexity index is 884. The molecule has 30 heavy (non-hydrogen) atoms. The molecule has 2 N–H and O–H groups in total. The summed E-state index contributed by atoms with van der Waals surface area (Å²) in [5, 5.41) is 6.26. The van der Waals surface area contributed by atoms with Crippen LogP contribution in [0.4, 0.5) is 0 Å². The number of ether oxygens (including phenoxy) is 2. The van der Waals surface area contributed by atoms with Crippen LogP contribution in [-0.4, -0.2) is 63.7 Å². The van der Waals surface area contributed by atoms with E-state index >= 15 is 0 Å². The highest BCUT2D eigenvalue weighted by Gasteiger charge is 2.25. The van der Waals surface area contributed by atoms with Crippen molar-refractivity contribution >= 4 is 11.9 Å². The lowest BCUT2D eigenvalue weighted by molar-refractivity contribution is -0.00829. The zero-order valence-electron chi connectivity index (χ0n) is 17.9. The predicted molar refractivity (Wildman–Crippen MR) is 118 cm³/mol. The molecule has 3 rings (SSSR count). The molecule has 0 bridgehead atoms. The lowest BCUT2D eigenvalue weighted by Gasteiger charge is -2.35. The van der Waals surface area contributed by atoms with Gasteiger partial charge in [-0.25, -0.2) is 0 Å². The Hall–Kier alpha value is -3.06. The van der Waals surface area contributed by atoms with E-state index in [0.29, 0.717) is 31.0 Å². The summed E-state index contributed by atoms with van der Waals surface area (Å²) in [5.41, 5.74) is 3.02. The second kappa shape index (κ2) is 10.6. The lowest BCUT2D eigenvalue weighted by atomic mass is 10.0. The smallest absolute Gasteiger partial charge is 0.251 e. The molecule has 7 nitrogen and oxygen atoms in total. The first kappa shape index (κ1) is 21.6. The molecular formula is C23H30N4O3. The van der Waals surface area contributed by atoms with E-state index in [1.165, 1.54) is 11.1 Å². The van der Waals surface area contributed by atoms with Crippen LogP contribution in [0.2, 0.25) is 0 Å². The van der Waals surface area contributed by atoms with Crippen LogP contribution >= 0.6 is 0 Å². The first-order valence-corrected chi connectivity index (χ1v) is 10.2. The zero-order chi connectivity index (χ0) is 21.3. The van der Waals surface area contributed by atoms with E-state index in [4.69, 9.17) is 9.47 Å². The molecule has 2 aromatic rings. The van der Waals surface area contributed by atoms with Crippen molar-refractivity contribution in [1.82, 2.24) is 15.5 Å². The Labute approximate surface area is 178 Å². The van der Waals surface area contributed by atoms with Crippen LogP contribution in [-0.2, 0) is 4.74 Å². The Morgan fingerprint density at radius 3 is 2.77 bits per heavy atom. The van der Waals surface area contributed by atoms with Crippen molar-refractivity contribution in [2.75, 3.05) is 46.9 Å². The zero-order valence-corrected chi connectivity index (χ0v) is 17.9. The molecule has 1 unspecified atom stereocenters. The van der Waals surface area contributed by atoms with E-state index < -0.39 is 0 Å². The molecule has 0 saturated carbocycles. The van der Waals surface area contributed by atoms with Gasteiger partial charge in [0.05, 0.1) is 20.3 Å². The number of rotatable bonds is 6. The molecule has 0 spiro atoms. The number of hydrogen-bond acceptors (Lipinski definition) is 4. The summed E-state index contributed by atoms with van der Waals surface area (Å²) in [7, 11) is 3.36. The van der Waals surface area contributed by atoms with Crippen molar-refractivity contribution in [3.05, 3.63) is 65.2 Å². The largest absolute Gasteiger partial charge is 0.497 e. The molecule has 0 radical (unpaired) electrons. The summed E-state index contributed by atoms with van der Waals surface area (Å²) < 4.78 is 11.2.